The van der Waals surface area contributed by atoms with Gasteiger partial charge in [-0.2, -0.15) is 0 Å². The number of nitrogens with zero attached hydrogens (tertiary/aromatic N) is 2. The second-order valence-corrected chi connectivity index (χ2v) is 16.9. The maximum absolute atomic E-state index is 10.1. The number of hydrogen-bond donors (Lipinski definition) is 0. The largest absolute Gasteiger partial charge is 0.790 e. The van der Waals surface area contributed by atoms with Crippen LogP contribution in [0.2, 0.25) is 0 Å². The molecular formula is C44H97N2O4P. The summed E-state index contributed by atoms with van der Waals surface area (Å²) >= 11 is 0. The lowest BCUT2D eigenvalue weighted by Gasteiger charge is -2.39. The molecule has 312 valence electrons. The van der Waals surface area contributed by atoms with Gasteiger partial charge in [0.2, 0.25) is 0 Å². The molecule has 0 spiro atoms. The Morgan fingerprint density at radius 2 is 0.529 bits per heavy atom. The highest BCUT2D eigenvalue weighted by Crippen LogP contribution is 2.25. The quantitative estimate of drug-likeness (QED) is 0.0363. The molecule has 0 atom stereocenters. The molecule has 0 bridgehead atoms. The summed E-state index contributed by atoms with van der Waals surface area (Å²) in [7, 11) is -4.74. The monoisotopic (exact) mass is 749 g/mol. The van der Waals surface area contributed by atoms with Crippen molar-refractivity contribution in [1.82, 2.24) is 0 Å². The highest BCUT2D eigenvalue weighted by Gasteiger charge is 2.25. The molecule has 0 aliphatic rings. The third kappa shape index (κ3) is 39.5. The lowest BCUT2D eigenvalue weighted by Crippen LogP contribution is -2.50. The van der Waals surface area contributed by atoms with E-state index in [2.05, 4.69) is 66.8 Å². The molecule has 0 rings (SSSR count). The van der Waals surface area contributed by atoms with Gasteiger partial charge in [-0.15, -0.1) is 0 Å². The average Bonchev–Trinajstić information content (AvgIpc) is 3.12. The summed E-state index contributed by atoms with van der Waals surface area (Å²) < 4.78 is 17.1. The minimum atomic E-state index is -4.74. The van der Waals surface area contributed by atoms with Crippen molar-refractivity contribution >= 4 is 7.82 Å². The SMILES string of the molecule is CCCCCCCCCCCCOP(=O)([O-])[O-].CCCC[N+](CCCC)(CCCC)CCCC.CCCC[N+](CCCC)(CCCC)CCCC. The lowest BCUT2D eigenvalue weighted by molar-refractivity contribution is -0.929. The van der Waals surface area contributed by atoms with E-state index in [9.17, 15) is 14.4 Å². The van der Waals surface area contributed by atoms with Gasteiger partial charge in [-0.25, -0.2) is 0 Å². The summed E-state index contributed by atoms with van der Waals surface area (Å²) in [6.07, 6.45) is 33.8. The van der Waals surface area contributed by atoms with E-state index in [1.807, 2.05) is 0 Å². The minimum Gasteiger partial charge on any atom is -0.790 e. The molecule has 0 aliphatic heterocycles. The zero-order valence-electron chi connectivity index (χ0n) is 36.7. The van der Waals surface area contributed by atoms with Crippen molar-refractivity contribution in [2.45, 2.75) is 229 Å². The molecule has 51 heavy (non-hydrogen) atoms. The lowest BCUT2D eigenvalue weighted by atomic mass is 10.1. The Hall–Kier alpha value is 0.0300. The van der Waals surface area contributed by atoms with Gasteiger partial charge in [-0.05, 0) is 57.8 Å². The fourth-order valence-electron chi connectivity index (χ4n) is 7.06. The first-order valence-corrected chi connectivity index (χ1v) is 24.4. The minimum absolute atomic E-state index is 0.0424. The van der Waals surface area contributed by atoms with Crippen LogP contribution < -0.4 is 9.79 Å². The van der Waals surface area contributed by atoms with E-state index >= 15 is 0 Å². The molecule has 0 aromatic rings. The van der Waals surface area contributed by atoms with Gasteiger partial charge in [-0.1, -0.05) is 171 Å². The van der Waals surface area contributed by atoms with Crippen molar-refractivity contribution in [2.24, 2.45) is 0 Å². The van der Waals surface area contributed by atoms with E-state index in [1.165, 1.54) is 209 Å². The van der Waals surface area contributed by atoms with Crippen LogP contribution in [0.4, 0.5) is 0 Å². The van der Waals surface area contributed by atoms with Crippen molar-refractivity contribution in [3.05, 3.63) is 0 Å². The van der Waals surface area contributed by atoms with Crippen molar-refractivity contribution < 1.29 is 27.8 Å². The van der Waals surface area contributed by atoms with Crippen molar-refractivity contribution in [1.29, 1.82) is 0 Å². The van der Waals surface area contributed by atoms with Crippen LogP contribution in [0.1, 0.15) is 229 Å². The van der Waals surface area contributed by atoms with Crippen molar-refractivity contribution in [2.75, 3.05) is 59.0 Å². The van der Waals surface area contributed by atoms with Crippen molar-refractivity contribution in [3.8, 4) is 0 Å². The second kappa shape index (κ2) is 41.2. The standard InChI is InChI=1S/2C16H36N.C12H27O4P/c2*1-5-9-13-17(14-10-6-2,15-11-7-3)16-12-8-4;1-2-3-4-5-6-7-8-9-10-11-12-16-17(13,14)15/h2*5-16H2,1-4H3;2-12H2,1H3,(H2,13,14,15)/q2*+1;/p-2. The Morgan fingerprint density at radius 3 is 0.725 bits per heavy atom. The summed E-state index contributed by atoms with van der Waals surface area (Å²) in [5.41, 5.74) is 0. The molecule has 0 aromatic heterocycles. The highest BCUT2D eigenvalue weighted by molar-refractivity contribution is 7.43. The van der Waals surface area contributed by atoms with Gasteiger partial charge in [-0.3, -0.25) is 0 Å². The highest BCUT2D eigenvalue weighted by atomic mass is 31.2. The number of phosphoric acid groups is 1. The molecule has 0 unspecified atom stereocenters. The molecule has 6 nitrogen and oxygen atoms in total. The van der Waals surface area contributed by atoms with Gasteiger partial charge in [0.15, 0.2) is 0 Å². The van der Waals surface area contributed by atoms with Crippen LogP contribution >= 0.6 is 7.82 Å². The summed E-state index contributed by atoms with van der Waals surface area (Å²) in [6.45, 7) is 32.3. The van der Waals surface area contributed by atoms with Crippen LogP contribution in [0, 0.1) is 0 Å². The first-order chi connectivity index (χ1) is 24.5. The molecule has 0 N–H and O–H groups in total. The fourth-order valence-corrected chi connectivity index (χ4v) is 7.41. The fraction of sp³-hybridized carbons (Fsp3) is 1.00. The van der Waals surface area contributed by atoms with Crippen LogP contribution in [0.15, 0.2) is 0 Å². The molecule has 0 radical (unpaired) electrons. The third-order valence-electron chi connectivity index (χ3n) is 10.6. The number of quaternary nitrogens is 2. The summed E-state index contributed by atoms with van der Waals surface area (Å²) in [6, 6.07) is 0. The van der Waals surface area contributed by atoms with E-state index in [0.29, 0.717) is 6.42 Å². The molecule has 0 saturated heterocycles. The Balaban J connectivity index is -0.000000678. The molecule has 7 heteroatoms. The van der Waals surface area contributed by atoms with Crippen molar-refractivity contribution in [3.63, 3.8) is 0 Å². The van der Waals surface area contributed by atoms with E-state index in [1.54, 1.807) is 0 Å². The topological polar surface area (TPSA) is 72.4 Å². The van der Waals surface area contributed by atoms with E-state index in [4.69, 9.17) is 0 Å². The zero-order chi connectivity index (χ0) is 39.0. The van der Waals surface area contributed by atoms with Crippen LogP contribution in [0.5, 0.6) is 0 Å². The summed E-state index contributed by atoms with van der Waals surface area (Å²) in [5.74, 6) is 0. The number of rotatable bonds is 36. The van der Waals surface area contributed by atoms with Crippen LogP contribution in [0.25, 0.3) is 0 Å². The van der Waals surface area contributed by atoms with Gasteiger partial charge in [0.1, 0.15) is 0 Å². The molecule has 0 heterocycles. The van der Waals surface area contributed by atoms with E-state index in [-0.39, 0.29) is 6.61 Å². The van der Waals surface area contributed by atoms with Gasteiger partial charge >= 0.3 is 0 Å². The number of hydrogen-bond acceptors (Lipinski definition) is 4. The molecule has 0 aliphatic carbocycles. The van der Waals surface area contributed by atoms with Gasteiger partial charge in [0.25, 0.3) is 0 Å². The predicted molar refractivity (Wildman–Crippen MR) is 224 cm³/mol. The first-order valence-electron chi connectivity index (χ1n) is 22.9. The molecule has 0 aromatic carbocycles. The Kier molecular flexibility index (Phi) is 44.7. The maximum atomic E-state index is 10.1. The van der Waals surface area contributed by atoms with Crippen LogP contribution in [-0.4, -0.2) is 67.9 Å². The summed E-state index contributed by atoms with van der Waals surface area (Å²) in [5, 5.41) is 0. The number of unbranched alkanes of at least 4 members (excludes halogenated alkanes) is 17. The Labute approximate surface area is 323 Å². The normalized spacial score (nSPS) is 12.0. The van der Waals surface area contributed by atoms with Crippen LogP contribution in [0.3, 0.4) is 0 Å². The zero-order valence-corrected chi connectivity index (χ0v) is 37.6. The molecular weight excluding hydrogens is 651 g/mol. The Bertz CT molecular complexity index is 592. The summed E-state index contributed by atoms with van der Waals surface area (Å²) in [4.78, 5) is 20.3. The van der Waals surface area contributed by atoms with E-state index in [0.717, 1.165) is 12.8 Å². The Morgan fingerprint density at radius 1 is 0.333 bits per heavy atom. The average molecular weight is 749 g/mol. The number of phosphoric ester groups is 1. The van der Waals surface area contributed by atoms with Crippen LogP contribution in [-0.2, 0) is 9.09 Å². The smallest absolute Gasteiger partial charge is 0.0786 e. The van der Waals surface area contributed by atoms with Gasteiger partial charge < -0.3 is 27.8 Å². The maximum Gasteiger partial charge on any atom is 0.0786 e. The van der Waals surface area contributed by atoms with Gasteiger partial charge in [0, 0.05) is 0 Å². The molecule has 0 fully saturated rings. The van der Waals surface area contributed by atoms with Gasteiger partial charge in [0.05, 0.1) is 66.8 Å². The molecule has 0 saturated carbocycles. The first kappa shape index (κ1) is 55.4. The third-order valence-corrected chi connectivity index (χ3v) is 11.1. The predicted octanol–water partition coefficient (Wildman–Crippen LogP) is 12.8. The second-order valence-electron chi connectivity index (χ2n) is 15.8. The van der Waals surface area contributed by atoms with E-state index < -0.39 is 7.82 Å². The molecule has 0 amide bonds.